The molecule has 4 rings (SSSR count). The topological polar surface area (TPSA) is 46.6 Å². The first kappa shape index (κ1) is 19.6. The van der Waals surface area contributed by atoms with Crippen molar-refractivity contribution in [3.05, 3.63) is 93.1 Å². The zero-order valence-corrected chi connectivity index (χ0v) is 17.6. The van der Waals surface area contributed by atoms with E-state index in [0.29, 0.717) is 40.2 Å². The molecule has 0 unspecified atom stereocenters. The van der Waals surface area contributed by atoms with E-state index < -0.39 is 0 Å². The van der Waals surface area contributed by atoms with E-state index in [9.17, 15) is 4.79 Å². The lowest BCUT2D eigenvalue weighted by Crippen LogP contribution is -2.30. The molecule has 0 saturated carbocycles. The Bertz CT molecular complexity index is 1180. The van der Waals surface area contributed by atoms with Crippen molar-refractivity contribution in [1.82, 2.24) is 4.90 Å². The second kappa shape index (κ2) is 7.97. The van der Waals surface area contributed by atoms with Gasteiger partial charge in [0.25, 0.3) is 5.91 Å². The largest absolute Gasteiger partial charge is 0.467 e. The third kappa shape index (κ3) is 3.91. The number of halogens is 2. The summed E-state index contributed by atoms with van der Waals surface area (Å²) in [5, 5.41) is 2.08. The number of furan rings is 2. The molecular weight excluding hydrogens is 409 g/mol. The molecule has 0 fully saturated rings. The van der Waals surface area contributed by atoms with Crippen LogP contribution in [0, 0.1) is 13.8 Å². The van der Waals surface area contributed by atoms with Crippen LogP contribution in [0.15, 0.2) is 63.6 Å². The average Bonchev–Trinajstić information content (AvgIpc) is 3.32. The highest BCUT2D eigenvalue weighted by molar-refractivity contribution is 6.32. The molecule has 0 N–H and O–H groups in total. The maximum absolute atomic E-state index is 13.5. The summed E-state index contributed by atoms with van der Waals surface area (Å²) >= 11 is 12.6. The first-order valence-electron chi connectivity index (χ1n) is 9.18. The van der Waals surface area contributed by atoms with Gasteiger partial charge in [-0.25, -0.2) is 0 Å². The number of nitrogens with zero attached hydrogens (tertiary/aromatic N) is 1. The molecule has 2 aromatic heterocycles. The van der Waals surface area contributed by atoms with Crippen LogP contribution >= 0.6 is 23.2 Å². The Morgan fingerprint density at radius 2 is 1.79 bits per heavy atom. The zero-order chi connectivity index (χ0) is 20.5. The van der Waals surface area contributed by atoms with Gasteiger partial charge in [-0.15, -0.1) is 0 Å². The number of carbonyl (C=O) groups is 1. The molecule has 29 heavy (non-hydrogen) atoms. The molecular formula is C23H19Cl2NO3. The molecule has 1 amide bonds. The fraction of sp³-hybridized carbons (Fsp3) is 0.174. The van der Waals surface area contributed by atoms with Crippen LogP contribution in [0.4, 0.5) is 0 Å². The summed E-state index contributed by atoms with van der Waals surface area (Å²) in [5.74, 6) is 0.738. The minimum Gasteiger partial charge on any atom is -0.467 e. The predicted molar refractivity (Wildman–Crippen MR) is 114 cm³/mol. The van der Waals surface area contributed by atoms with Crippen molar-refractivity contribution < 1.29 is 13.6 Å². The normalized spacial score (nSPS) is 11.2. The van der Waals surface area contributed by atoms with Gasteiger partial charge in [-0.1, -0.05) is 41.4 Å². The van der Waals surface area contributed by atoms with Gasteiger partial charge in [0.15, 0.2) is 5.76 Å². The monoisotopic (exact) mass is 427 g/mol. The lowest BCUT2D eigenvalue weighted by Gasteiger charge is -2.21. The number of fused-ring (bicyclic) bond motifs is 1. The molecule has 0 bridgehead atoms. The van der Waals surface area contributed by atoms with Crippen molar-refractivity contribution in [3.8, 4) is 0 Å². The van der Waals surface area contributed by atoms with E-state index >= 15 is 0 Å². The third-order valence-corrected chi connectivity index (χ3v) is 5.72. The summed E-state index contributed by atoms with van der Waals surface area (Å²) < 4.78 is 11.4. The van der Waals surface area contributed by atoms with Crippen LogP contribution in [0.1, 0.15) is 33.0 Å². The van der Waals surface area contributed by atoms with Gasteiger partial charge in [-0.05, 0) is 55.3 Å². The van der Waals surface area contributed by atoms with Gasteiger partial charge in [0.1, 0.15) is 11.3 Å². The van der Waals surface area contributed by atoms with E-state index in [-0.39, 0.29) is 5.91 Å². The maximum atomic E-state index is 13.5. The third-order valence-electron chi connectivity index (χ3n) is 4.94. The van der Waals surface area contributed by atoms with Gasteiger partial charge in [0.2, 0.25) is 0 Å². The van der Waals surface area contributed by atoms with Gasteiger partial charge in [-0.3, -0.25) is 4.79 Å². The van der Waals surface area contributed by atoms with Gasteiger partial charge < -0.3 is 13.7 Å². The highest BCUT2D eigenvalue weighted by Gasteiger charge is 2.25. The first-order valence-corrected chi connectivity index (χ1v) is 9.94. The summed E-state index contributed by atoms with van der Waals surface area (Å²) in [6.07, 6.45) is 1.59. The predicted octanol–water partition coefficient (Wildman–Crippen LogP) is 6.79. The molecule has 0 aliphatic rings. The van der Waals surface area contributed by atoms with Crippen molar-refractivity contribution in [1.29, 1.82) is 0 Å². The number of hydrogen-bond donors (Lipinski definition) is 0. The number of amides is 1. The Morgan fingerprint density at radius 1 is 1.00 bits per heavy atom. The molecule has 0 aliphatic heterocycles. The van der Waals surface area contributed by atoms with E-state index in [2.05, 4.69) is 0 Å². The maximum Gasteiger partial charge on any atom is 0.290 e. The molecule has 6 heteroatoms. The highest BCUT2D eigenvalue weighted by atomic mass is 35.5. The first-order chi connectivity index (χ1) is 13.9. The minimum absolute atomic E-state index is 0.233. The van der Waals surface area contributed by atoms with E-state index in [4.69, 9.17) is 32.0 Å². The van der Waals surface area contributed by atoms with E-state index in [1.807, 2.05) is 56.3 Å². The second-order valence-corrected chi connectivity index (χ2v) is 7.80. The molecule has 0 spiro atoms. The summed E-state index contributed by atoms with van der Waals surface area (Å²) in [6.45, 7) is 4.40. The zero-order valence-electron chi connectivity index (χ0n) is 16.0. The van der Waals surface area contributed by atoms with Gasteiger partial charge in [-0.2, -0.15) is 0 Å². The van der Waals surface area contributed by atoms with Crippen molar-refractivity contribution in [2.45, 2.75) is 26.9 Å². The number of benzene rings is 2. The Hall–Kier alpha value is -2.69. The Labute approximate surface area is 178 Å². The molecule has 4 aromatic rings. The quantitative estimate of drug-likeness (QED) is 0.352. The molecule has 2 heterocycles. The van der Waals surface area contributed by atoms with Gasteiger partial charge in [0.05, 0.1) is 12.8 Å². The van der Waals surface area contributed by atoms with Crippen molar-refractivity contribution in [2.24, 2.45) is 0 Å². The van der Waals surface area contributed by atoms with Crippen LogP contribution in [0.5, 0.6) is 0 Å². The summed E-state index contributed by atoms with van der Waals surface area (Å²) in [6, 6.07) is 14.8. The van der Waals surface area contributed by atoms with Crippen molar-refractivity contribution >= 4 is 40.1 Å². The van der Waals surface area contributed by atoms with Crippen LogP contribution in [0.25, 0.3) is 11.0 Å². The lowest BCUT2D eigenvalue weighted by atomic mass is 10.1. The van der Waals surface area contributed by atoms with Crippen LogP contribution in [0.2, 0.25) is 10.0 Å². The number of hydrogen-bond acceptors (Lipinski definition) is 3. The molecule has 0 atom stereocenters. The number of rotatable bonds is 5. The van der Waals surface area contributed by atoms with E-state index in [0.717, 1.165) is 22.1 Å². The molecule has 4 nitrogen and oxygen atoms in total. The minimum atomic E-state index is -0.233. The summed E-state index contributed by atoms with van der Waals surface area (Å²) in [4.78, 5) is 15.1. The molecule has 2 aromatic carbocycles. The lowest BCUT2D eigenvalue weighted by molar-refractivity contribution is 0.0686. The molecule has 0 radical (unpaired) electrons. The van der Waals surface area contributed by atoms with Crippen LogP contribution in [-0.2, 0) is 13.1 Å². The number of aryl methyl sites for hydroxylation is 2. The molecule has 148 valence electrons. The fourth-order valence-corrected chi connectivity index (χ4v) is 3.67. The van der Waals surface area contributed by atoms with Crippen LogP contribution < -0.4 is 0 Å². The molecule has 0 aliphatic carbocycles. The van der Waals surface area contributed by atoms with Crippen LogP contribution in [0.3, 0.4) is 0 Å². The van der Waals surface area contributed by atoms with Crippen LogP contribution in [-0.4, -0.2) is 10.8 Å². The average molecular weight is 428 g/mol. The standard InChI is InChI=1S/C23H19Cl2NO3/c1-14-10-21-18(11-20(14)25)15(2)22(29-21)23(27)26(13-17-7-5-9-28-17)12-16-6-3-4-8-19(16)24/h3-11H,12-13H2,1-2H3. The van der Waals surface area contributed by atoms with Gasteiger partial charge >= 0.3 is 0 Å². The summed E-state index contributed by atoms with van der Waals surface area (Å²) in [7, 11) is 0. The highest BCUT2D eigenvalue weighted by Crippen LogP contribution is 2.31. The van der Waals surface area contributed by atoms with E-state index in [1.54, 1.807) is 17.2 Å². The Kier molecular flexibility index (Phi) is 5.39. The summed E-state index contributed by atoms with van der Waals surface area (Å²) in [5.41, 5.74) is 3.15. The SMILES string of the molecule is Cc1cc2oc(C(=O)N(Cc3ccco3)Cc3ccccc3Cl)c(C)c2cc1Cl. The van der Waals surface area contributed by atoms with Crippen molar-refractivity contribution in [3.63, 3.8) is 0 Å². The fourth-order valence-electron chi connectivity index (χ4n) is 3.31. The Morgan fingerprint density at radius 3 is 2.52 bits per heavy atom. The second-order valence-electron chi connectivity index (χ2n) is 6.99. The Balaban J connectivity index is 1.73. The van der Waals surface area contributed by atoms with Crippen molar-refractivity contribution in [2.75, 3.05) is 0 Å². The van der Waals surface area contributed by atoms with E-state index in [1.165, 1.54) is 0 Å². The smallest absolute Gasteiger partial charge is 0.290 e. The van der Waals surface area contributed by atoms with Gasteiger partial charge in [0, 0.05) is 27.5 Å². The number of carbonyl (C=O) groups excluding carboxylic acids is 1. The molecule has 0 saturated heterocycles.